The molecule has 0 bridgehead atoms. The second kappa shape index (κ2) is 9.40. The van der Waals surface area contributed by atoms with Gasteiger partial charge < -0.3 is 10.1 Å². The second-order valence-electron chi connectivity index (χ2n) is 6.06. The number of halogens is 1. The van der Waals surface area contributed by atoms with Gasteiger partial charge in [-0.15, -0.1) is 0 Å². The molecule has 3 rings (SSSR count). The fourth-order valence-corrected chi connectivity index (χ4v) is 3.09. The fourth-order valence-electron chi connectivity index (χ4n) is 2.55. The summed E-state index contributed by atoms with van der Waals surface area (Å²) < 4.78 is 5.70. The molecule has 0 saturated heterocycles. The first-order valence-corrected chi connectivity index (χ1v) is 9.55. The molecule has 0 radical (unpaired) electrons. The third kappa shape index (κ3) is 5.46. The van der Waals surface area contributed by atoms with Crippen molar-refractivity contribution in [2.24, 2.45) is 0 Å². The summed E-state index contributed by atoms with van der Waals surface area (Å²) in [5.74, 6) is 1.64. The quantitative estimate of drug-likeness (QED) is 0.307. The van der Waals surface area contributed by atoms with E-state index in [9.17, 15) is 10.1 Å². The van der Waals surface area contributed by atoms with Gasteiger partial charge in [-0.3, -0.25) is 10.1 Å². The van der Waals surface area contributed by atoms with Crippen molar-refractivity contribution in [1.82, 2.24) is 9.97 Å². The maximum Gasteiger partial charge on any atom is 0.269 e. The number of nitro groups is 1. The molecule has 0 fully saturated rings. The van der Waals surface area contributed by atoms with Crippen molar-refractivity contribution in [3.63, 3.8) is 0 Å². The Balaban J connectivity index is 1.60. The minimum atomic E-state index is -0.451. The van der Waals surface area contributed by atoms with E-state index in [1.54, 1.807) is 12.1 Å². The number of thiocarbonyl (C=S) groups is 1. The zero-order valence-corrected chi connectivity index (χ0v) is 17.0. The first kappa shape index (κ1) is 20.6. The first-order valence-electron chi connectivity index (χ1n) is 8.76. The molecule has 0 aliphatic rings. The molecule has 29 heavy (non-hydrogen) atoms. The summed E-state index contributed by atoms with van der Waals surface area (Å²) in [6.07, 6.45) is 2.67. The predicted octanol–water partition coefficient (Wildman–Crippen LogP) is 5.37. The molecule has 0 unspecified atom stereocenters. The molecule has 0 aliphatic carbocycles. The maximum atomic E-state index is 10.7. The number of hydrogen-bond acceptors (Lipinski definition) is 6. The summed E-state index contributed by atoms with van der Waals surface area (Å²) >= 11 is 11.7. The Labute approximate surface area is 177 Å². The number of aryl methyl sites for hydroxylation is 1. The van der Waals surface area contributed by atoms with Gasteiger partial charge in [-0.1, -0.05) is 42.9 Å². The fraction of sp³-hybridized carbons (Fsp3) is 0.150. The van der Waals surface area contributed by atoms with Crippen LogP contribution >= 0.6 is 23.8 Å². The highest BCUT2D eigenvalue weighted by molar-refractivity contribution is 7.80. The lowest BCUT2D eigenvalue weighted by Crippen LogP contribution is -2.14. The van der Waals surface area contributed by atoms with Gasteiger partial charge in [0.25, 0.3) is 5.69 Å². The molecular formula is C20H17ClN4O3S. The number of aromatic nitrogens is 2. The van der Waals surface area contributed by atoms with Crippen LogP contribution < -0.4 is 10.1 Å². The Morgan fingerprint density at radius 2 is 1.76 bits per heavy atom. The van der Waals surface area contributed by atoms with Gasteiger partial charge in [0.2, 0.25) is 0 Å². The summed E-state index contributed by atoms with van der Waals surface area (Å²) in [5, 5.41) is 14.2. The number of rotatable bonds is 7. The molecule has 0 aliphatic heterocycles. The number of nitro benzene ring substituents is 1. The number of non-ortho nitro benzene ring substituents is 1. The van der Waals surface area contributed by atoms with Gasteiger partial charge in [-0.25, -0.2) is 9.97 Å². The molecule has 0 atom stereocenters. The molecule has 1 heterocycles. The summed E-state index contributed by atoms with van der Waals surface area (Å²) in [6, 6.07) is 13.3. The number of nitrogens with zero attached hydrogens (tertiary/aromatic N) is 3. The average molecular weight is 429 g/mol. The Kier molecular flexibility index (Phi) is 6.69. The number of nitrogens with one attached hydrogen (secondary N) is 1. The lowest BCUT2D eigenvalue weighted by molar-refractivity contribution is -0.384. The highest BCUT2D eigenvalue weighted by Gasteiger charge is 2.10. The number of benzene rings is 2. The molecule has 0 amide bonds. The van der Waals surface area contributed by atoms with Crippen LogP contribution in [0.1, 0.15) is 18.2 Å². The van der Waals surface area contributed by atoms with Crippen molar-refractivity contribution >= 4 is 40.3 Å². The number of ether oxygens (including phenoxy) is 1. The van der Waals surface area contributed by atoms with Crippen LogP contribution in [0.4, 0.5) is 11.5 Å². The highest BCUT2D eigenvalue weighted by Crippen LogP contribution is 2.25. The zero-order chi connectivity index (χ0) is 20.8. The van der Waals surface area contributed by atoms with Crippen LogP contribution in [-0.2, 0) is 12.8 Å². The van der Waals surface area contributed by atoms with Crippen molar-refractivity contribution in [1.29, 1.82) is 0 Å². The van der Waals surface area contributed by atoms with Crippen molar-refractivity contribution in [3.05, 3.63) is 81.3 Å². The monoisotopic (exact) mass is 428 g/mol. The molecule has 2 aromatic carbocycles. The van der Waals surface area contributed by atoms with Crippen molar-refractivity contribution in [2.75, 3.05) is 5.32 Å². The average Bonchev–Trinajstić information content (AvgIpc) is 2.71. The highest BCUT2D eigenvalue weighted by atomic mass is 35.5. The largest absolute Gasteiger partial charge is 0.457 e. The van der Waals surface area contributed by atoms with Gasteiger partial charge in [0, 0.05) is 18.6 Å². The van der Waals surface area contributed by atoms with Crippen LogP contribution in [0.25, 0.3) is 0 Å². The number of hydrogen-bond donors (Lipinski definition) is 1. The van der Waals surface area contributed by atoms with Gasteiger partial charge in [-0.05, 0) is 36.2 Å². The van der Waals surface area contributed by atoms with Crippen LogP contribution in [0.15, 0.2) is 54.9 Å². The molecule has 7 nitrogen and oxygen atoms in total. The summed E-state index contributed by atoms with van der Waals surface area (Å²) in [7, 11) is 0. The molecular weight excluding hydrogens is 412 g/mol. The van der Waals surface area contributed by atoms with E-state index in [1.807, 2.05) is 31.2 Å². The summed E-state index contributed by atoms with van der Waals surface area (Å²) in [6.45, 7) is 1.97. The van der Waals surface area contributed by atoms with E-state index in [1.165, 1.54) is 18.5 Å². The summed E-state index contributed by atoms with van der Waals surface area (Å²) in [5.41, 5.74) is 1.77. The lowest BCUT2D eigenvalue weighted by atomic mass is 10.1. The molecule has 0 spiro atoms. The lowest BCUT2D eigenvalue weighted by Gasteiger charge is -2.11. The van der Waals surface area contributed by atoms with Crippen molar-refractivity contribution in [2.45, 2.75) is 19.8 Å². The van der Waals surface area contributed by atoms with E-state index in [0.29, 0.717) is 40.2 Å². The molecule has 3 aromatic rings. The third-order valence-corrected chi connectivity index (χ3v) is 4.67. The SMILES string of the molecule is CCc1ncnc(NC(=S)Cc2ccc(Oc3ccc([N+](=O)[O-])cc3)cc2)c1Cl. The Morgan fingerprint density at radius 3 is 2.34 bits per heavy atom. The van der Waals surface area contributed by atoms with Crippen LogP contribution in [0.5, 0.6) is 11.5 Å². The minimum Gasteiger partial charge on any atom is -0.457 e. The third-order valence-electron chi connectivity index (χ3n) is 4.03. The maximum absolute atomic E-state index is 10.7. The van der Waals surface area contributed by atoms with Gasteiger partial charge in [0.15, 0.2) is 5.82 Å². The van der Waals surface area contributed by atoms with E-state index in [4.69, 9.17) is 28.6 Å². The zero-order valence-electron chi connectivity index (χ0n) is 15.5. The topological polar surface area (TPSA) is 90.2 Å². The molecule has 1 aromatic heterocycles. The normalized spacial score (nSPS) is 10.4. The van der Waals surface area contributed by atoms with Gasteiger partial charge in [-0.2, -0.15) is 0 Å². The standard InChI is InChI=1S/C20H17ClN4O3S/c1-2-17-19(21)20(23-12-22-17)24-18(29)11-13-3-7-15(8-4-13)28-16-9-5-14(6-10-16)25(26)27/h3-10,12H,2,11H2,1H3,(H,22,23,24,29). The van der Waals surface area contributed by atoms with Crippen LogP contribution in [0, 0.1) is 10.1 Å². The molecule has 0 saturated carbocycles. The predicted molar refractivity (Wildman–Crippen MR) is 116 cm³/mol. The molecule has 1 N–H and O–H groups in total. The summed E-state index contributed by atoms with van der Waals surface area (Å²) in [4.78, 5) is 19.1. The Hall–Kier alpha value is -3.10. The van der Waals surface area contributed by atoms with Crippen molar-refractivity contribution in [3.8, 4) is 11.5 Å². The van der Waals surface area contributed by atoms with Crippen LogP contribution in [0.2, 0.25) is 5.02 Å². The minimum absolute atomic E-state index is 0.0172. The van der Waals surface area contributed by atoms with Crippen molar-refractivity contribution < 1.29 is 9.66 Å². The van der Waals surface area contributed by atoms with E-state index in [2.05, 4.69) is 15.3 Å². The Morgan fingerprint density at radius 1 is 1.14 bits per heavy atom. The second-order valence-corrected chi connectivity index (χ2v) is 6.93. The van der Waals surface area contributed by atoms with E-state index in [-0.39, 0.29) is 5.69 Å². The molecule has 148 valence electrons. The van der Waals surface area contributed by atoms with Gasteiger partial charge >= 0.3 is 0 Å². The Bertz CT molecular complexity index is 1030. The molecule has 9 heteroatoms. The van der Waals surface area contributed by atoms with E-state index < -0.39 is 4.92 Å². The van der Waals surface area contributed by atoms with E-state index in [0.717, 1.165) is 11.3 Å². The first-order chi connectivity index (χ1) is 14.0. The van der Waals surface area contributed by atoms with E-state index >= 15 is 0 Å². The van der Waals surface area contributed by atoms with Crippen LogP contribution in [-0.4, -0.2) is 19.9 Å². The van der Waals surface area contributed by atoms with Gasteiger partial charge in [0.05, 0.1) is 15.6 Å². The smallest absolute Gasteiger partial charge is 0.269 e. The number of anilines is 1. The van der Waals surface area contributed by atoms with Crippen LogP contribution in [0.3, 0.4) is 0 Å². The van der Waals surface area contributed by atoms with Gasteiger partial charge in [0.1, 0.15) is 22.8 Å².